The largest absolute Gasteiger partial charge is 0.419 e. The van der Waals surface area contributed by atoms with E-state index in [0.717, 1.165) is 0 Å². The zero-order valence-electron chi connectivity index (χ0n) is 15.2. The SMILES string of the molecule is CC(C)N(Cc1nnc(-c2ccc(Cl)cc2)o1)C(=O)c1ccccc1[N+](=O)[O-]. The van der Waals surface area contributed by atoms with Gasteiger partial charge in [0.15, 0.2) is 0 Å². The van der Waals surface area contributed by atoms with E-state index in [2.05, 4.69) is 10.2 Å². The van der Waals surface area contributed by atoms with Crippen molar-refractivity contribution in [1.82, 2.24) is 15.1 Å². The molecule has 9 heteroatoms. The Morgan fingerprint density at radius 1 is 1.18 bits per heavy atom. The van der Waals surface area contributed by atoms with Crippen LogP contribution in [0, 0.1) is 10.1 Å². The molecule has 28 heavy (non-hydrogen) atoms. The summed E-state index contributed by atoms with van der Waals surface area (Å²) in [6, 6.07) is 12.5. The maximum Gasteiger partial charge on any atom is 0.282 e. The molecule has 0 aliphatic carbocycles. The van der Waals surface area contributed by atoms with Gasteiger partial charge in [-0.05, 0) is 44.2 Å². The Balaban J connectivity index is 1.85. The minimum Gasteiger partial charge on any atom is -0.419 e. The third-order valence-electron chi connectivity index (χ3n) is 4.08. The van der Waals surface area contributed by atoms with Gasteiger partial charge in [-0.2, -0.15) is 0 Å². The van der Waals surface area contributed by atoms with Gasteiger partial charge in [0, 0.05) is 22.7 Å². The van der Waals surface area contributed by atoms with Crippen molar-refractivity contribution in [2.75, 3.05) is 0 Å². The zero-order valence-corrected chi connectivity index (χ0v) is 16.0. The zero-order chi connectivity index (χ0) is 20.3. The van der Waals surface area contributed by atoms with Crippen LogP contribution in [0.3, 0.4) is 0 Å². The second-order valence-electron chi connectivity index (χ2n) is 6.31. The molecule has 0 spiro atoms. The van der Waals surface area contributed by atoms with Gasteiger partial charge in [0.25, 0.3) is 11.6 Å². The van der Waals surface area contributed by atoms with Crippen LogP contribution in [0.5, 0.6) is 0 Å². The average molecular weight is 401 g/mol. The monoisotopic (exact) mass is 400 g/mol. The van der Waals surface area contributed by atoms with E-state index in [1.165, 1.54) is 23.1 Å². The molecule has 2 aromatic carbocycles. The van der Waals surface area contributed by atoms with Gasteiger partial charge in [-0.1, -0.05) is 23.7 Å². The molecule has 0 aliphatic rings. The van der Waals surface area contributed by atoms with Crippen molar-refractivity contribution in [2.24, 2.45) is 0 Å². The lowest BCUT2D eigenvalue weighted by Crippen LogP contribution is -2.36. The van der Waals surface area contributed by atoms with Crippen molar-refractivity contribution >= 4 is 23.2 Å². The Morgan fingerprint density at radius 3 is 2.50 bits per heavy atom. The van der Waals surface area contributed by atoms with Gasteiger partial charge in [0.05, 0.1) is 11.5 Å². The Morgan fingerprint density at radius 2 is 1.86 bits per heavy atom. The fraction of sp³-hybridized carbons (Fsp3) is 0.211. The molecule has 0 unspecified atom stereocenters. The van der Waals surface area contributed by atoms with E-state index in [1.807, 2.05) is 13.8 Å². The molecule has 0 saturated carbocycles. The molecule has 3 rings (SSSR count). The number of hydrogen-bond donors (Lipinski definition) is 0. The summed E-state index contributed by atoms with van der Waals surface area (Å²) in [5.41, 5.74) is 0.466. The number of nitrogens with zero attached hydrogens (tertiary/aromatic N) is 4. The number of aromatic nitrogens is 2. The Hall–Kier alpha value is -3.26. The maximum atomic E-state index is 12.9. The smallest absolute Gasteiger partial charge is 0.282 e. The van der Waals surface area contributed by atoms with Crippen molar-refractivity contribution in [3.63, 3.8) is 0 Å². The highest BCUT2D eigenvalue weighted by atomic mass is 35.5. The van der Waals surface area contributed by atoms with Crippen LogP contribution in [-0.4, -0.2) is 32.0 Å². The minimum absolute atomic E-state index is 0.0126. The predicted octanol–water partition coefficient (Wildman–Crippen LogP) is 4.35. The second-order valence-corrected chi connectivity index (χ2v) is 6.75. The van der Waals surface area contributed by atoms with Gasteiger partial charge in [-0.25, -0.2) is 0 Å². The molecule has 8 nitrogen and oxygen atoms in total. The highest BCUT2D eigenvalue weighted by Crippen LogP contribution is 2.24. The number of carbonyl (C=O) groups is 1. The lowest BCUT2D eigenvalue weighted by Gasteiger charge is -2.25. The van der Waals surface area contributed by atoms with Crippen LogP contribution >= 0.6 is 11.6 Å². The average Bonchev–Trinajstić information content (AvgIpc) is 3.14. The quantitative estimate of drug-likeness (QED) is 0.450. The Bertz CT molecular complexity index is 1000. The van der Waals surface area contributed by atoms with Gasteiger partial charge >= 0.3 is 0 Å². The van der Waals surface area contributed by atoms with Crippen LogP contribution in [0.1, 0.15) is 30.1 Å². The number of para-hydroxylation sites is 1. The van der Waals surface area contributed by atoms with Gasteiger partial charge in [-0.3, -0.25) is 14.9 Å². The third kappa shape index (κ3) is 4.17. The molecule has 0 atom stereocenters. The van der Waals surface area contributed by atoms with Crippen molar-refractivity contribution in [2.45, 2.75) is 26.4 Å². The van der Waals surface area contributed by atoms with E-state index in [-0.39, 0.29) is 29.7 Å². The van der Waals surface area contributed by atoms with E-state index in [4.69, 9.17) is 16.0 Å². The van der Waals surface area contributed by atoms with E-state index >= 15 is 0 Å². The highest BCUT2D eigenvalue weighted by Gasteiger charge is 2.27. The summed E-state index contributed by atoms with van der Waals surface area (Å²) in [6.45, 7) is 3.65. The molecule has 0 aliphatic heterocycles. The number of benzene rings is 2. The van der Waals surface area contributed by atoms with E-state index in [0.29, 0.717) is 16.5 Å². The molecule has 0 N–H and O–H groups in total. The molecule has 0 radical (unpaired) electrons. The summed E-state index contributed by atoms with van der Waals surface area (Å²) in [6.07, 6.45) is 0. The Kier molecular flexibility index (Phi) is 5.70. The number of amides is 1. The molecule has 1 heterocycles. The molecular formula is C19H17ClN4O4. The normalized spacial score (nSPS) is 10.9. The Labute approximate surface area is 165 Å². The lowest BCUT2D eigenvalue weighted by atomic mass is 10.1. The van der Waals surface area contributed by atoms with Crippen LogP contribution in [-0.2, 0) is 6.54 Å². The van der Waals surface area contributed by atoms with Crippen LogP contribution in [0.15, 0.2) is 52.9 Å². The van der Waals surface area contributed by atoms with Crippen LogP contribution in [0.2, 0.25) is 5.02 Å². The first-order valence-electron chi connectivity index (χ1n) is 8.49. The first kappa shape index (κ1) is 19.5. The highest BCUT2D eigenvalue weighted by molar-refractivity contribution is 6.30. The first-order chi connectivity index (χ1) is 13.4. The topological polar surface area (TPSA) is 102 Å². The van der Waals surface area contributed by atoms with Gasteiger partial charge in [-0.15, -0.1) is 10.2 Å². The summed E-state index contributed by atoms with van der Waals surface area (Å²) in [5.74, 6) is 0.0487. The van der Waals surface area contributed by atoms with E-state index in [9.17, 15) is 14.9 Å². The maximum absolute atomic E-state index is 12.9. The van der Waals surface area contributed by atoms with E-state index in [1.54, 1.807) is 30.3 Å². The number of carbonyl (C=O) groups excluding carboxylic acids is 1. The second kappa shape index (κ2) is 8.18. The fourth-order valence-corrected chi connectivity index (χ4v) is 2.76. The van der Waals surface area contributed by atoms with Gasteiger partial charge in [0.2, 0.25) is 11.8 Å². The molecule has 0 fully saturated rings. The molecule has 0 saturated heterocycles. The van der Waals surface area contributed by atoms with Crippen LogP contribution in [0.25, 0.3) is 11.5 Å². The number of nitro groups is 1. The fourth-order valence-electron chi connectivity index (χ4n) is 2.63. The number of nitro benzene ring substituents is 1. The van der Waals surface area contributed by atoms with Crippen molar-refractivity contribution in [3.05, 3.63) is 75.1 Å². The number of halogens is 1. The summed E-state index contributed by atoms with van der Waals surface area (Å²) < 4.78 is 5.66. The molecule has 144 valence electrons. The van der Waals surface area contributed by atoms with Gasteiger partial charge in [0.1, 0.15) is 5.56 Å². The first-order valence-corrected chi connectivity index (χ1v) is 8.87. The van der Waals surface area contributed by atoms with E-state index < -0.39 is 10.8 Å². The van der Waals surface area contributed by atoms with Crippen LogP contribution < -0.4 is 0 Å². The van der Waals surface area contributed by atoms with Crippen LogP contribution in [0.4, 0.5) is 5.69 Å². The summed E-state index contributed by atoms with van der Waals surface area (Å²) in [7, 11) is 0. The third-order valence-corrected chi connectivity index (χ3v) is 4.33. The summed E-state index contributed by atoms with van der Waals surface area (Å²) in [5, 5.41) is 19.8. The van der Waals surface area contributed by atoms with Crippen molar-refractivity contribution in [3.8, 4) is 11.5 Å². The molecule has 1 aromatic heterocycles. The molecule has 1 amide bonds. The minimum atomic E-state index is -0.572. The summed E-state index contributed by atoms with van der Waals surface area (Å²) >= 11 is 5.88. The van der Waals surface area contributed by atoms with Crippen molar-refractivity contribution in [1.29, 1.82) is 0 Å². The van der Waals surface area contributed by atoms with Gasteiger partial charge < -0.3 is 9.32 Å². The standard InChI is InChI=1S/C19H17ClN4O4/c1-12(2)23(19(25)15-5-3-4-6-16(15)24(26)27)11-17-21-22-18(28-17)13-7-9-14(20)10-8-13/h3-10,12H,11H2,1-2H3. The molecule has 0 bridgehead atoms. The lowest BCUT2D eigenvalue weighted by molar-refractivity contribution is -0.385. The summed E-state index contributed by atoms with van der Waals surface area (Å²) in [4.78, 5) is 25.1. The number of rotatable bonds is 6. The number of hydrogen-bond acceptors (Lipinski definition) is 6. The van der Waals surface area contributed by atoms with Crippen molar-refractivity contribution < 1.29 is 14.1 Å². The molecule has 3 aromatic rings. The molecular weight excluding hydrogens is 384 g/mol. The predicted molar refractivity (Wildman–Crippen MR) is 103 cm³/mol.